The van der Waals surface area contributed by atoms with E-state index in [1.165, 1.54) is 0 Å². The largest absolute Gasteiger partial charge is 0.389 e. The number of aromatic nitrogens is 2. The number of ether oxygens (including phenoxy) is 1. The van der Waals surface area contributed by atoms with E-state index in [1.54, 1.807) is 7.11 Å². The Morgan fingerprint density at radius 3 is 3.11 bits per heavy atom. The summed E-state index contributed by atoms with van der Waals surface area (Å²) in [6.45, 7) is 3.90. The first-order chi connectivity index (χ1) is 8.74. The number of aliphatic hydroxyl groups excluding tert-OH is 1. The third kappa shape index (κ3) is 3.07. The topological polar surface area (TPSA) is 71.6 Å². The van der Waals surface area contributed by atoms with Gasteiger partial charge in [0.15, 0.2) is 5.82 Å². The maximum Gasteiger partial charge on any atom is 0.226 e. The van der Waals surface area contributed by atoms with E-state index in [2.05, 4.69) is 15.0 Å². The van der Waals surface area contributed by atoms with Crippen molar-refractivity contribution in [1.29, 1.82) is 0 Å². The van der Waals surface area contributed by atoms with Crippen LogP contribution in [0.25, 0.3) is 0 Å². The van der Waals surface area contributed by atoms with Gasteiger partial charge in [-0.05, 0) is 19.4 Å². The van der Waals surface area contributed by atoms with Gasteiger partial charge in [0.2, 0.25) is 5.89 Å². The Balaban J connectivity index is 1.98. The molecule has 1 N–H and O–H groups in total. The lowest BCUT2D eigenvalue weighted by Gasteiger charge is -2.24. The molecular formula is C12H21N3O3. The number of nitrogens with zero attached hydrogens (tertiary/aromatic N) is 3. The molecule has 0 bridgehead atoms. The van der Waals surface area contributed by atoms with E-state index in [9.17, 15) is 5.11 Å². The number of β-amino-alcohol motifs (C(OH)–C–C–N with tert-alkyl or cyclic N) is 1. The molecule has 2 atom stereocenters. The number of aryl methyl sites for hydroxylation is 1. The third-order valence-electron chi connectivity index (χ3n) is 3.25. The molecule has 0 radical (unpaired) electrons. The highest BCUT2D eigenvalue weighted by Crippen LogP contribution is 2.30. The van der Waals surface area contributed by atoms with Crippen LogP contribution in [0.5, 0.6) is 0 Å². The van der Waals surface area contributed by atoms with Crippen LogP contribution >= 0.6 is 0 Å². The number of hydrogen-bond donors (Lipinski definition) is 1. The molecular weight excluding hydrogens is 234 g/mol. The molecule has 0 spiro atoms. The van der Waals surface area contributed by atoms with E-state index in [0.717, 1.165) is 31.6 Å². The monoisotopic (exact) mass is 255 g/mol. The summed E-state index contributed by atoms with van der Waals surface area (Å²) in [6.07, 6.45) is 2.41. The van der Waals surface area contributed by atoms with Crippen LogP contribution in [-0.2, 0) is 11.2 Å². The molecule has 6 heteroatoms. The SMILES string of the molecule is CCc1nc([C@H]2CCCN2C[C@@H](O)COC)no1. The Bertz CT molecular complexity index is 369. The van der Waals surface area contributed by atoms with Crippen molar-refractivity contribution in [2.45, 2.75) is 38.3 Å². The number of likely N-dealkylation sites (tertiary alicyclic amines) is 1. The van der Waals surface area contributed by atoms with Crippen LogP contribution in [-0.4, -0.2) is 53.1 Å². The molecule has 6 nitrogen and oxygen atoms in total. The smallest absolute Gasteiger partial charge is 0.226 e. The van der Waals surface area contributed by atoms with E-state index in [4.69, 9.17) is 9.26 Å². The van der Waals surface area contributed by atoms with Crippen molar-refractivity contribution in [3.8, 4) is 0 Å². The second kappa shape index (κ2) is 6.26. The van der Waals surface area contributed by atoms with Gasteiger partial charge in [-0.3, -0.25) is 4.90 Å². The zero-order chi connectivity index (χ0) is 13.0. The highest BCUT2D eigenvalue weighted by atomic mass is 16.5. The lowest BCUT2D eigenvalue weighted by atomic mass is 10.2. The van der Waals surface area contributed by atoms with E-state index in [0.29, 0.717) is 19.0 Å². The zero-order valence-corrected chi connectivity index (χ0v) is 11.0. The normalized spacial score (nSPS) is 22.5. The summed E-state index contributed by atoms with van der Waals surface area (Å²) in [5, 5.41) is 13.8. The van der Waals surface area contributed by atoms with Crippen molar-refractivity contribution in [3.05, 3.63) is 11.7 Å². The van der Waals surface area contributed by atoms with Gasteiger partial charge in [-0.2, -0.15) is 4.98 Å². The second-order valence-electron chi connectivity index (χ2n) is 4.66. The molecule has 0 unspecified atom stereocenters. The fourth-order valence-corrected chi connectivity index (χ4v) is 2.40. The Hall–Kier alpha value is -0.980. The van der Waals surface area contributed by atoms with Crippen molar-refractivity contribution in [2.75, 3.05) is 26.8 Å². The fourth-order valence-electron chi connectivity index (χ4n) is 2.40. The summed E-state index contributed by atoms with van der Waals surface area (Å²) in [4.78, 5) is 6.58. The molecule has 0 aliphatic carbocycles. The van der Waals surface area contributed by atoms with Gasteiger partial charge in [0, 0.05) is 20.1 Å². The average molecular weight is 255 g/mol. The molecule has 2 heterocycles. The number of rotatable bonds is 6. The maximum atomic E-state index is 9.79. The maximum absolute atomic E-state index is 9.79. The standard InChI is InChI=1S/C12H21N3O3/c1-3-11-13-12(14-18-11)10-5-4-6-15(10)7-9(16)8-17-2/h9-10,16H,3-8H2,1-2H3/t9-,10-/m1/s1. The minimum Gasteiger partial charge on any atom is -0.389 e. The molecule has 2 rings (SSSR count). The molecule has 1 fully saturated rings. The van der Waals surface area contributed by atoms with Gasteiger partial charge in [-0.1, -0.05) is 12.1 Å². The van der Waals surface area contributed by atoms with Crippen LogP contribution in [0.1, 0.15) is 37.5 Å². The predicted molar refractivity (Wildman–Crippen MR) is 65.1 cm³/mol. The highest BCUT2D eigenvalue weighted by molar-refractivity contribution is 4.98. The van der Waals surface area contributed by atoms with Gasteiger partial charge >= 0.3 is 0 Å². The second-order valence-corrected chi connectivity index (χ2v) is 4.66. The van der Waals surface area contributed by atoms with E-state index >= 15 is 0 Å². The van der Waals surface area contributed by atoms with Crippen LogP contribution < -0.4 is 0 Å². The quantitative estimate of drug-likeness (QED) is 0.809. The molecule has 1 aliphatic heterocycles. The van der Waals surface area contributed by atoms with Gasteiger partial charge in [0.1, 0.15) is 0 Å². The van der Waals surface area contributed by atoms with Crippen LogP contribution in [0.3, 0.4) is 0 Å². The first-order valence-electron chi connectivity index (χ1n) is 6.48. The van der Waals surface area contributed by atoms with Crippen molar-refractivity contribution >= 4 is 0 Å². The summed E-state index contributed by atoms with van der Waals surface area (Å²) >= 11 is 0. The van der Waals surface area contributed by atoms with Gasteiger partial charge in [-0.25, -0.2) is 0 Å². The minimum atomic E-state index is -0.465. The zero-order valence-electron chi connectivity index (χ0n) is 11.0. The summed E-state index contributed by atoms with van der Waals surface area (Å²) in [5.41, 5.74) is 0. The lowest BCUT2D eigenvalue weighted by molar-refractivity contribution is 0.0336. The number of aliphatic hydroxyl groups is 1. The number of hydrogen-bond acceptors (Lipinski definition) is 6. The average Bonchev–Trinajstić information content (AvgIpc) is 2.96. The van der Waals surface area contributed by atoms with E-state index in [1.807, 2.05) is 6.92 Å². The molecule has 102 valence electrons. The lowest BCUT2D eigenvalue weighted by Crippen LogP contribution is -2.34. The molecule has 0 saturated carbocycles. The molecule has 1 saturated heterocycles. The van der Waals surface area contributed by atoms with Gasteiger partial charge in [0.25, 0.3) is 0 Å². The number of methoxy groups -OCH3 is 1. The first-order valence-corrected chi connectivity index (χ1v) is 6.48. The van der Waals surface area contributed by atoms with Crippen LogP contribution in [0.15, 0.2) is 4.52 Å². The Kier molecular flexibility index (Phi) is 4.68. The molecule has 0 amide bonds. The molecule has 1 aliphatic rings. The summed E-state index contributed by atoms with van der Waals surface area (Å²) < 4.78 is 10.1. The summed E-state index contributed by atoms with van der Waals surface area (Å²) in [7, 11) is 1.59. The van der Waals surface area contributed by atoms with Crippen LogP contribution in [0.4, 0.5) is 0 Å². The predicted octanol–water partition coefficient (Wildman–Crippen LogP) is 0.776. The van der Waals surface area contributed by atoms with Gasteiger partial charge in [0.05, 0.1) is 18.8 Å². The Morgan fingerprint density at radius 2 is 2.44 bits per heavy atom. The van der Waals surface area contributed by atoms with Gasteiger partial charge in [-0.15, -0.1) is 0 Å². The van der Waals surface area contributed by atoms with Crippen LogP contribution in [0.2, 0.25) is 0 Å². The summed E-state index contributed by atoms with van der Waals surface area (Å²) in [6, 6.07) is 0.167. The van der Waals surface area contributed by atoms with E-state index < -0.39 is 6.10 Å². The Labute approximate surface area is 107 Å². The van der Waals surface area contributed by atoms with Crippen molar-refractivity contribution in [1.82, 2.24) is 15.0 Å². The van der Waals surface area contributed by atoms with Gasteiger partial charge < -0.3 is 14.4 Å². The van der Waals surface area contributed by atoms with Crippen molar-refractivity contribution in [3.63, 3.8) is 0 Å². The first kappa shape index (κ1) is 13.5. The molecule has 1 aromatic rings. The molecule has 1 aromatic heterocycles. The van der Waals surface area contributed by atoms with Crippen LogP contribution in [0, 0.1) is 0 Å². The molecule has 18 heavy (non-hydrogen) atoms. The minimum absolute atomic E-state index is 0.167. The van der Waals surface area contributed by atoms with Crippen molar-refractivity contribution in [2.24, 2.45) is 0 Å². The molecule has 0 aromatic carbocycles. The highest BCUT2D eigenvalue weighted by Gasteiger charge is 2.30. The third-order valence-corrected chi connectivity index (χ3v) is 3.25. The Morgan fingerprint density at radius 1 is 1.61 bits per heavy atom. The van der Waals surface area contributed by atoms with Crippen molar-refractivity contribution < 1.29 is 14.4 Å². The van der Waals surface area contributed by atoms with E-state index in [-0.39, 0.29) is 6.04 Å². The fraction of sp³-hybridized carbons (Fsp3) is 0.833. The summed E-state index contributed by atoms with van der Waals surface area (Å²) in [5.74, 6) is 1.42.